The van der Waals surface area contributed by atoms with E-state index in [1.807, 2.05) is 26.8 Å². The number of hydrogen-bond acceptors (Lipinski definition) is 2. The van der Waals surface area contributed by atoms with Gasteiger partial charge in [0, 0.05) is 12.1 Å². The fraction of sp³-hybridized carbons (Fsp3) is 0.600. The van der Waals surface area contributed by atoms with Crippen molar-refractivity contribution in [3.63, 3.8) is 0 Å². The van der Waals surface area contributed by atoms with Gasteiger partial charge in [-0.15, -0.1) is 0 Å². The Morgan fingerprint density at radius 2 is 2.29 bits per heavy atom. The van der Waals surface area contributed by atoms with Gasteiger partial charge in [-0.2, -0.15) is 5.10 Å². The highest BCUT2D eigenvalue weighted by atomic mass is 16.1. The topological polar surface area (TPSA) is 57.8 Å². The highest BCUT2D eigenvalue weighted by Gasteiger charge is 2.15. The van der Waals surface area contributed by atoms with Crippen LogP contribution in [0.25, 0.3) is 0 Å². The van der Waals surface area contributed by atoms with E-state index in [9.17, 15) is 4.79 Å². The fourth-order valence-electron chi connectivity index (χ4n) is 1.03. The summed E-state index contributed by atoms with van der Waals surface area (Å²) in [5, 5.41) is 9.46. The van der Waals surface area contributed by atoms with Crippen molar-refractivity contribution in [3.8, 4) is 0 Å². The molecular formula is C10H17N3O. The summed E-state index contributed by atoms with van der Waals surface area (Å²) in [5.41, 5.74) is 0.925. The van der Waals surface area contributed by atoms with E-state index in [1.54, 1.807) is 6.20 Å². The molecule has 0 radical (unpaired) electrons. The first-order chi connectivity index (χ1) is 6.61. The van der Waals surface area contributed by atoms with Crippen LogP contribution in [0.2, 0.25) is 0 Å². The molecule has 0 saturated heterocycles. The zero-order chi connectivity index (χ0) is 10.6. The van der Waals surface area contributed by atoms with Crippen molar-refractivity contribution in [2.45, 2.75) is 27.3 Å². The molecule has 0 fully saturated rings. The zero-order valence-electron chi connectivity index (χ0n) is 8.87. The molecule has 1 rings (SSSR count). The standard InChI is InChI=1S/C10H17N3O/c1-7(2)8(3)10(14)11-6-9-4-5-12-13-9/h4-5,7-8H,6H2,1-3H3,(H,11,14)(H,12,13). The summed E-state index contributed by atoms with van der Waals surface area (Å²) >= 11 is 0. The predicted octanol–water partition coefficient (Wildman–Crippen LogP) is 1.32. The molecule has 4 heteroatoms. The molecule has 1 heterocycles. The molecule has 1 atom stereocenters. The van der Waals surface area contributed by atoms with Gasteiger partial charge in [0.15, 0.2) is 0 Å². The van der Waals surface area contributed by atoms with Crippen molar-refractivity contribution in [2.75, 3.05) is 0 Å². The summed E-state index contributed by atoms with van der Waals surface area (Å²) in [6, 6.07) is 1.85. The number of aromatic nitrogens is 2. The summed E-state index contributed by atoms with van der Waals surface area (Å²) in [6.07, 6.45) is 1.67. The minimum Gasteiger partial charge on any atom is -0.350 e. The van der Waals surface area contributed by atoms with Crippen molar-refractivity contribution >= 4 is 5.91 Å². The number of nitrogens with one attached hydrogen (secondary N) is 2. The molecule has 0 spiro atoms. The average Bonchev–Trinajstić information content (AvgIpc) is 2.65. The Hall–Kier alpha value is -1.32. The Kier molecular flexibility index (Phi) is 3.68. The number of H-pyrrole nitrogens is 1. The van der Waals surface area contributed by atoms with Crippen molar-refractivity contribution in [1.82, 2.24) is 15.5 Å². The molecule has 0 aliphatic rings. The van der Waals surface area contributed by atoms with E-state index in [-0.39, 0.29) is 11.8 Å². The maximum atomic E-state index is 11.5. The molecule has 0 aliphatic carbocycles. The molecule has 1 aromatic heterocycles. The SMILES string of the molecule is CC(C)C(C)C(=O)NCc1ccn[nH]1. The van der Waals surface area contributed by atoms with Crippen LogP contribution in [-0.2, 0) is 11.3 Å². The monoisotopic (exact) mass is 195 g/mol. The number of aromatic amines is 1. The first-order valence-corrected chi connectivity index (χ1v) is 4.87. The van der Waals surface area contributed by atoms with Crippen molar-refractivity contribution in [2.24, 2.45) is 11.8 Å². The summed E-state index contributed by atoms with van der Waals surface area (Å²) < 4.78 is 0. The van der Waals surface area contributed by atoms with Gasteiger partial charge < -0.3 is 5.32 Å². The van der Waals surface area contributed by atoms with Crippen LogP contribution in [0.1, 0.15) is 26.5 Å². The quantitative estimate of drug-likeness (QED) is 0.761. The number of carbonyl (C=O) groups is 1. The van der Waals surface area contributed by atoms with Gasteiger partial charge in [0.05, 0.1) is 12.2 Å². The summed E-state index contributed by atoms with van der Waals surface area (Å²) in [6.45, 7) is 6.55. The lowest BCUT2D eigenvalue weighted by Crippen LogP contribution is -2.31. The Balaban J connectivity index is 2.35. The minimum atomic E-state index is 0.0536. The zero-order valence-corrected chi connectivity index (χ0v) is 8.87. The number of nitrogens with zero attached hydrogens (tertiary/aromatic N) is 1. The van der Waals surface area contributed by atoms with Crippen LogP contribution in [-0.4, -0.2) is 16.1 Å². The first kappa shape index (κ1) is 10.8. The normalized spacial score (nSPS) is 12.9. The van der Waals surface area contributed by atoms with E-state index in [1.165, 1.54) is 0 Å². The molecule has 0 aromatic carbocycles. The van der Waals surface area contributed by atoms with Crippen LogP contribution < -0.4 is 5.32 Å². The second kappa shape index (κ2) is 4.79. The Labute approximate surface area is 84.1 Å². The highest BCUT2D eigenvalue weighted by Crippen LogP contribution is 2.09. The van der Waals surface area contributed by atoms with Gasteiger partial charge in [-0.25, -0.2) is 0 Å². The first-order valence-electron chi connectivity index (χ1n) is 4.87. The lowest BCUT2D eigenvalue weighted by molar-refractivity contribution is -0.125. The number of carbonyl (C=O) groups excluding carboxylic acids is 1. The molecule has 4 nitrogen and oxygen atoms in total. The fourth-order valence-corrected chi connectivity index (χ4v) is 1.03. The Morgan fingerprint density at radius 1 is 1.57 bits per heavy atom. The third kappa shape index (κ3) is 2.87. The number of hydrogen-bond donors (Lipinski definition) is 2. The second-order valence-corrected chi connectivity index (χ2v) is 3.83. The Morgan fingerprint density at radius 3 is 2.79 bits per heavy atom. The summed E-state index contributed by atoms with van der Waals surface area (Å²) in [7, 11) is 0. The van der Waals surface area contributed by atoms with E-state index in [0.717, 1.165) is 5.69 Å². The van der Waals surface area contributed by atoms with Gasteiger partial charge in [-0.3, -0.25) is 9.89 Å². The molecule has 0 aliphatic heterocycles. The van der Waals surface area contributed by atoms with Crippen molar-refractivity contribution in [1.29, 1.82) is 0 Å². The van der Waals surface area contributed by atoms with Crippen LogP contribution in [0.3, 0.4) is 0 Å². The number of rotatable bonds is 4. The molecule has 0 saturated carbocycles. The molecule has 1 amide bonds. The maximum Gasteiger partial charge on any atom is 0.223 e. The van der Waals surface area contributed by atoms with Gasteiger partial charge in [0.1, 0.15) is 0 Å². The second-order valence-electron chi connectivity index (χ2n) is 3.83. The average molecular weight is 195 g/mol. The highest BCUT2D eigenvalue weighted by molar-refractivity contribution is 5.78. The van der Waals surface area contributed by atoms with Crippen LogP contribution in [0, 0.1) is 11.8 Å². The molecule has 1 aromatic rings. The molecule has 1 unspecified atom stereocenters. The van der Waals surface area contributed by atoms with Gasteiger partial charge in [0.25, 0.3) is 0 Å². The number of amides is 1. The smallest absolute Gasteiger partial charge is 0.223 e. The molecule has 2 N–H and O–H groups in total. The van der Waals surface area contributed by atoms with Gasteiger partial charge >= 0.3 is 0 Å². The van der Waals surface area contributed by atoms with Crippen molar-refractivity contribution in [3.05, 3.63) is 18.0 Å². The van der Waals surface area contributed by atoms with E-state index < -0.39 is 0 Å². The van der Waals surface area contributed by atoms with E-state index in [0.29, 0.717) is 12.5 Å². The van der Waals surface area contributed by atoms with Crippen LogP contribution in [0.5, 0.6) is 0 Å². The van der Waals surface area contributed by atoms with Gasteiger partial charge in [-0.1, -0.05) is 20.8 Å². The Bertz CT molecular complexity index is 280. The largest absolute Gasteiger partial charge is 0.350 e. The summed E-state index contributed by atoms with van der Waals surface area (Å²) in [5.74, 6) is 0.518. The van der Waals surface area contributed by atoms with E-state index in [4.69, 9.17) is 0 Å². The molecular weight excluding hydrogens is 178 g/mol. The lowest BCUT2D eigenvalue weighted by atomic mass is 9.97. The maximum absolute atomic E-state index is 11.5. The molecule has 0 bridgehead atoms. The van der Waals surface area contributed by atoms with Gasteiger partial charge in [-0.05, 0) is 12.0 Å². The molecule has 78 valence electrons. The van der Waals surface area contributed by atoms with E-state index >= 15 is 0 Å². The lowest BCUT2D eigenvalue weighted by Gasteiger charge is -2.14. The van der Waals surface area contributed by atoms with Gasteiger partial charge in [0.2, 0.25) is 5.91 Å². The van der Waals surface area contributed by atoms with Crippen LogP contribution >= 0.6 is 0 Å². The third-order valence-electron chi connectivity index (χ3n) is 2.43. The van der Waals surface area contributed by atoms with Crippen LogP contribution in [0.4, 0.5) is 0 Å². The predicted molar refractivity (Wildman–Crippen MR) is 54.4 cm³/mol. The van der Waals surface area contributed by atoms with Crippen molar-refractivity contribution < 1.29 is 4.79 Å². The molecule has 14 heavy (non-hydrogen) atoms. The van der Waals surface area contributed by atoms with E-state index in [2.05, 4.69) is 15.5 Å². The van der Waals surface area contributed by atoms with Crippen LogP contribution in [0.15, 0.2) is 12.3 Å². The summed E-state index contributed by atoms with van der Waals surface area (Å²) in [4.78, 5) is 11.5. The third-order valence-corrected chi connectivity index (χ3v) is 2.43. The minimum absolute atomic E-state index is 0.0536.